The molecule has 21 heavy (non-hydrogen) atoms. The van der Waals surface area contributed by atoms with E-state index in [9.17, 15) is 14.4 Å². The van der Waals surface area contributed by atoms with Gasteiger partial charge in [0.15, 0.2) is 0 Å². The highest BCUT2D eigenvalue weighted by Gasteiger charge is 2.27. The van der Waals surface area contributed by atoms with E-state index in [1.807, 2.05) is 31.2 Å². The molecule has 0 saturated carbocycles. The molecule has 112 valence electrons. The van der Waals surface area contributed by atoms with Gasteiger partial charge in [0, 0.05) is 6.42 Å². The summed E-state index contributed by atoms with van der Waals surface area (Å²) in [5.74, 6) is -0.266. The number of benzene rings is 1. The van der Waals surface area contributed by atoms with Crippen LogP contribution in [0.2, 0.25) is 0 Å². The van der Waals surface area contributed by atoms with Crippen LogP contribution < -0.4 is 15.4 Å². The quantitative estimate of drug-likeness (QED) is 0.781. The number of piperidine rings is 1. The smallest absolute Gasteiger partial charge is 0.249 e. The first-order chi connectivity index (χ1) is 10.1. The number of rotatable bonds is 5. The number of amides is 3. The fourth-order valence-corrected chi connectivity index (χ4v) is 2.07. The molecule has 0 spiro atoms. The number of hydrogen-bond donors (Lipinski definition) is 2. The van der Waals surface area contributed by atoms with Crippen molar-refractivity contribution in [3.63, 3.8) is 0 Å². The first-order valence-corrected chi connectivity index (χ1v) is 6.88. The van der Waals surface area contributed by atoms with Crippen LogP contribution in [-0.2, 0) is 14.4 Å². The summed E-state index contributed by atoms with van der Waals surface area (Å²) in [7, 11) is 0. The fourth-order valence-electron chi connectivity index (χ4n) is 2.07. The second-order valence-corrected chi connectivity index (χ2v) is 4.94. The number of ether oxygens (including phenoxy) is 1. The maximum atomic E-state index is 11.8. The van der Waals surface area contributed by atoms with E-state index in [0.717, 1.165) is 11.3 Å². The van der Waals surface area contributed by atoms with E-state index in [2.05, 4.69) is 10.6 Å². The van der Waals surface area contributed by atoms with Crippen LogP contribution in [-0.4, -0.2) is 30.4 Å². The summed E-state index contributed by atoms with van der Waals surface area (Å²) in [5, 5.41) is 4.81. The van der Waals surface area contributed by atoms with E-state index in [0.29, 0.717) is 6.42 Å². The van der Waals surface area contributed by atoms with Crippen molar-refractivity contribution in [3.05, 3.63) is 29.8 Å². The van der Waals surface area contributed by atoms with Gasteiger partial charge in [0.25, 0.3) is 0 Å². The molecule has 1 unspecified atom stereocenters. The second-order valence-electron chi connectivity index (χ2n) is 4.94. The zero-order valence-electron chi connectivity index (χ0n) is 11.8. The third kappa shape index (κ3) is 4.30. The van der Waals surface area contributed by atoms with Crippen LogP contribution in [0.3, 0.4) is 0 Å². The van der Waals surface area contributed by atoms with Crippen molar-refractivity contribution in [2.24, 2.45) is 0 Å². The summed E-state index contributed by atoms with van der Waals surface area (Å²) in [5.41, 5.74) is 1.00. The Morgan fingerprint density at radius 1 is 1.38 bits per heavy atom. The number of hydrogen-bond acceptors (Lipinski definition) is 4. The predicted octanol–water partition coefficient (Wildman–Crippen LogP) is 0.685. The summed E-state index contributed by atoms with van der Waals surface area (Å²) in [4.78, 5) is 34.3. The summed E-state index contributed by atoms with van der Waals surface area (Å²) < 4.78 is 5.52. The van der Waals surface area contributed by atoms with Crippen molar-refractivity contribution in [2.45, 2.75) is 32.2 Å². The first kappa shape index (κ1) is 15.0. The van der Waals surface area contributed by atoms with Crippen LogP contribution in [0.4, 0.5) is 0 Å². The van der Waals surface area contributed by atoms with Crippen LogP contribution in [0, 0.1) is 6.92 Å². The van der Waals surface area contributed by atoms with Gasteiger partial charge < -0.3 is 10.1 Å². The first-order valence-electron chi connectivity index (χ1n) is 6.88. The van der Waals surface area contributed by atoms with Gasteiger partial charge in [-0.3, -0.25) is 19.7 Å². The molecule has 1 aromatic carbocycles. The maximum absolute atomic E-state index is 11.8. The van der Waals surface area contributed by atoms with Crippen LogP contribution >= 0.6 is 0 Å². The second kappa shape index (κ2) is 6.88. The Kier molecular flexibility index (Phi) is 4.92. The van der Waals surface area contributed by atoms with Crippen LogP contribution in [0.25, 0.3) is 0 Å². The lowest BCUT2D eigenvalue weighted by Gasteiger charge is -2.21. The van der Waals surface area contributed by atoms with Gasteiger partial charge in [-0.2, -0.15) is 0 Å². The minimum absolute atomic E-state index is 0.159. The zero-order valence-corrected chi connectivity index (χ0v) is 11.8. The highest BCUT2D eigenvalue weighted by atomic mass is 16.5. The molecule has 1 aliphatic heterocycles. The van der Waals surface area contributed by atoms with Crippen LogP contribution in [0.1, 0.15) is 24.8 Å². The molecule has 0 aliphatic carbocycles. The molecule has 6 nitrogen and oxygen atoms in total. The molecule has 1 aromatic rings. The van der Waals surface area contributed by atoms with Gasteiger partial charge in [0.05, 0.1) is 13.0 Å². The number of carbonyl (C=O) groups excluding carboxylic acids is 3. The third-order valence-corrected chi connectivity index (χ3v) is 3.25. The highest BCUT2D eigenvalue weighted by molar-refractivity contribution is 6.01. The molecule has 1 atom stereocenters. The number of para-hydroxylation sites is 1. The predicted molar refractivity (Wildman–Crippen MR) is 75.6 cm³/mol. The molecule has 0 bridgehead atoms. The Morgan fingerprint density at radius 3 is 2.86 bits per heavy atom. The Balaban J connectivity index is 1.74. The van der Waals surface area contributed by atoms with Gasteiger partial charge >= 0.3 is 0 Å². The maximum Gasteiger partial charge on any atom is 0.249 e. The van der Waals surface area contributed by atoms with Crippen molar-refractivity contribution >= 4 is 17.7 Å². The average Bonchev–Trinajstić information content (AvgIpc) is 2.44. The summed E-state index contributed by atoms with van der Waals surface area (Å²) in [6, 6.07) is 6.92. The number of nitrogens with one attached hydrogen (secondary N) is 2. The van der Waals surface area contributed by atoms with Crippen molar-refractivity contribution in [2.75, 3.05) is 6.61 Å². The van der Waals surface area contributed by atoms with Gasteiger partial charge in [0.2, 0.25) is 17.7 Å². The third-order valence-electron chi connectivity index (χ3n) is 3.25. The van der Waals surface area contributed by atoms with Gasteiger partial charge in [-0.05, 0) is 25.0 Å². The van der Waals surface area contributed by atoms with E-state index in [4.69, 9.17) is 4.74 Å². The van der Waals surface area contributed by atoms with Crippen molar-refractivity contribution in [3.8, 4) is 5.75 Å². The van der Waals surface area contributed by atoms with Crippen LogP contribution in [0.5, 0.6) is 5.75 Å². The largest absolute Gasteiger partial charge is 0.493 e. The van der Waals surface area contributed by atoms with Gasteiger partial charge in [-0.1, -0.05) is 18.2 Å². The van der Waals surface area contributed by atoms with E-state index in [1.54, 1.807) is 0 Å². The van der Waals surface area contributed by atoms with Crippen molar-refractivity contribution in [1.82, 2.24) is 10.6 Å². The topological polar surface area (TPSA) is 84.5 Å². The number of imide groups is 1. The normalized spacial score (nSPS) is 18.0. The standard InChI is InChI=1S/C15H18N2O4/c1-10-4-2-3-5-12(10)21-9-8-14(19)16-11-6-7-13(18)17-15(11)20/h2-5,11H,6-9H2,1H3,(H,16,19)(H,17,18,20). The molecule has 1 fully saturated rings. The molecule has 0 aromatic heterocycles. The molecular weight excluding hydrogens is 272 g/mol. The number of carbonyl (C=O) groups is 3. The van der Waals surface area contributed by atoms with Gasteiger partial charge in [-0.25, -0.2) is 0 Å². The minimum atomic E-state index is -0.631. The lowest BCUT2D eigenvalue weighted by atomic mass is 10.1. The summed E-state index contributed by atoms with van der Waals surface area (Å²) in [6.07, 6.45) is 0.748. The molecular formula is C15H18N2O4. The van der Waals surface area contributed by atoms with Gasteiger partial charge in [-0.15, -0.1) is 0 Å². The fraction of sp³-hybridized carbons (Fsp3) is 0.400. The molecule has 6 heteroatoms. The summed E-state index contributed by atoms with van der Waals surface area (Å²) in [6.45, 7) is 2.17. The zero-order chi connectivity index (χ0) is 15.2. The van der Waals surface area contributed by atoms with Crippen molar-refractivity contribution < 1.29 is 19.1 Å². The lowest BCUT2D eigenvalue weighted by Crippen LogP contribution is -2.52. The molecule has 1 aliphatic rings. The minimum Gasteiger partial charge on any atom is -0.493 e. The lowest BCUT2D eigenvalue weighted by molar-refractivity contribution is -0.137. The van der Waals surface area contributed by atoms with Crippen LogP contribution in [0.15, 0.2) is 24.3 Å². The molecule has 2 N–H and O–H groups in total. The average molecular weight is 290 g/mol. The van der Waals surface area contributed by atoms with Gasteiger partial charge in [0.1, 0.15) is 11.8 Å². The Hall–Kier alpha value is -2.37. The number of aryl methyl sites for hydroxylation is 1. The Bertz CT molecular complexity index is 556. The Labute approximate surface area is 122 Å². The summed E-state index contributed by atoms with van der Waals surface area (Å²) >= 11 is 0. The molecule has 3 amide bonds. The van der Waals surface area contributed by atoms with E-state index >= 15 is 0 Å². The molecule has 1 heterocycles. The van der Waals surface area contributed by atoms with E-state index < -0.39 is 11.9 Å². The van der Waals surface area contributed by atoms with Crippen molar-refractivity contribution in [1.29, 1.82) is 0 Å². The van der Waals surface area contributed by atoms with E-state index in [-0.39, 0.29) is 31.3 Å². The monoisotopic (exact) mass is 290 g/mol. The molecule has 1 saturated heterocycles. The van der Waals surface area contributed by atoms with E-state index in [1.165, 1.54) is 0 Å². The molecule has 0 radical (unpaired) electrons. The highest BCUT2D eigenvalue weighted by Crippen LogP contribution is 2.16. The Morgan fingerprint density at radius 2 is 2.14 bits per heavy atom. The SMILES string of the molecule is Cc1ccccc1OCCC(=O)NC1CCC(=O)NC1=O. The molecule has 2 rings (SSSR count).